The second-order valence-corrected chi connectivity index (χ2v) is 7.23. The highest BCUT2D eigenvalue weighted by atomic mass is 32.2. The van der Waals surface area contributed by atoms with Crippen LogP contribution in [0, 0.1) is 0 Å². The van der Waals surface area contributed by atoms with Crippen LogP contribution < -0.4 is 5.32 Å². The fourth-order valence-corrected chi connectivity index (χ4v) is 4.15. The number of nitrogens with zero attached hydrogens (tertiary/aromatic N) is 2. The van der Waals surface area contributed by atoms with Crippen molar-refractivity contribution in [2.24, 2.45) is 5.10 Å². The summed E-state index contributed by atoms with van der Waals surface area (Å²) in [6.07, 6.45) is 0.797. The molecule has 2 amide bonds. The number of carbonyl (C=O) groups is 3. The van der Waals surface area contributed by atoms with E-state index in [-0.39, 0.29) is 31.0 Å². The van der Waals surface area contributed by atoms with Crippen LogP contribution in [0.25, 0.3) is 0 Å². The molecule has 0 aromatic heterocycles. The number of nitrogens with one attached hydrogen (secondary N) is 1. The number of hydrogen-bond donors (Lipinski definition) is 2. The van der Waals surface area contributed by atoms with Crippen molar-refractivity contribution < 1.29 is 19.5 Å². The first kappa shape index (κ1) is 17.5. The normalized spacial score (nSPS) is 23.3. The van der Waals surface area contributed by atoms with E-state index >= 15 is 0 Å². The lowest BCUT2D eigenvalue weighted by Crippen LogP contribution is -2.57. The number of thioether (sulfide) groups is 1. The Morgan fingerprint density at radius 3 is 2.68 bits per heavy atom. The minimum atomic E-state index is -1.24. The quantitative estimate of drug-likeness (QED) is 0.822. The smallest absolute Gasteiger partial charge is 0.330 e. The molecular formula is C17H19N3O4S. The molecule has 8 heteroatoms. The van der Waals surface area contributed by atoms with Crippen LogP contribution in [0.3, 0.4) is 0 Å². The van der Waals surface area contributed by atoms with Crippen molar-refractivity contribution in [3.05, 3.63) is 35.9 Å². The number of carboxylic acid groups (broad SMARTS) is 1. The van der Waals surface area contributed by atoms with E-state index < -0.39 is 17.4 Å². The molecular weight excluding hydrogens is 342 g/mol. The molecule has 25 heavy (non-hydrogen) atoms. The highest BCUT2D eigenvalue weighted by molar-refractivity contribution is 7.99. The summed E-state index contributed by atoms with van der Waals surface area (Å²) in [5.74, 6) is -0.647. The van der Waals surface area contributed by atoms with Crippen LogP contribution in [-0.4, -0.2) is 50.7 Å². The minimum Gasteiger partial charge on any atom is -0.479 e. The van der Waals surface area contributed by atoms with Crippen molar-refractivity contribution in [2.75, 3.05) is 11.5 Å². The predicted molar refractivity (Wildman–Crippen MR) is 94.1 cm³/mol. The molecule has 3 rings (SSSR count). The molecule has 1 aromatic carbocycles. The van der Waals surface area contributed by atoms with Gasteiger partial charge in [-0.3, -0.25) is 9.59 Å². The van der Waals surface area contributed by atoms with E-state index in [0.29, 0.717) is 17.9 Å². The van der Waals surface area contributed by atoms with Gasteiger partial charge in [-0.05, 0) is 17.7 Å². The maximum absolute atomic E-state index is 12.5. The summed E-state index contributed by atoms with van der Waals surface area (Å²) < 4.78 is 0. The molecule has 0 bridgehead atoms. The van der Waals surface area contributed by atoms with Gasteiger partial charge in [0.1, 0.15) is 11.3 Å². The number of benzene rings is 1. The highest BCUT2D eigenvalue weighted by Crippen LogP contribution is 2.28. The number of amides is 2. The van der Waals surface area contributed by atoms with Crippen molar-refractivity contribution in [2.45, 2.75) is 31.3 Å². The van der Waals surface area contributed by atoms with Crippen LogP contribution in [0.4, 0.5) is 0 Å². The van der Waals surface area contributed by atoms with E-state index in [9.17, 15) is 19.5 Å². The lowest BCUT2D eigenvalue weighted by atomic mass is 9.98. The van der Waals surface area contributed by atoms with Gasteiger partial charge in [-0.15, -0.1) is 0 Å². The van der Waals surface area contributed by atoms with Gasteiger partial charge in [0.25, 0.3) is 5.91 Å². The molecule has 132 valence electrons. The van der Waals surface area contributed by atoms with E-state index in [2.05, 4.69) is 10.4 Å². The van der Waals surface area contributed by atoms with Gasteiger partial charge in [0.05, 0.1) is 6.54 Å². The van der Waals surface area contributed by atoms with Gasteiger partial charge in [-0.2, -0.15) is 16.9 Å². The Morgan fingerprint density at radius 2 is 2.04 bits per heavy atom. The molecule has 0 radical (unpaired) electrons. The fraction of sp³-hybridized carbons (Fsp3) is 0.412. The number of carboxylic acids is 1. The van der Waals surface area contributed by atoms with Gasteiger partial charge >= 0.3 is 5.97 Å². The molecule has 1 saturated heterocycles. The Kier molecular flexibility index (Phi) is 5.08. The SMILES string of the molecule is O=C(NC1(C(=O)O)CCSC1)C1=NN(Cc2ccccc2)C(=O)CC1. The lowest BCUT2D eigenvalue weighted by Gasteiger charge is -2.27. The Labute approximate surface area is 149 Å². The first-order valence-corrected chi connectivity index (χ1v) is 9.21. The molecule has 7 nitrogen and oxygen atoms in total. The van der Waals surface area contributed by atoms with Gasteiger partial charge < -0.3 is 10.4 Å². The van der Waals surface area contributed by atoms with Crippen LogP contribution in [-0.2, 0) is 20.9 Å². The molecule has 2 heterocycles. The zero-order chi connectivity index (χ0) is 17.9. The molecule has 0 aliphatic carbocycles. The van der Waals surface area contributed by atoms with E-state index in [1.54, 1.807) is 0 Å². The third kappa shape index (κ3) is 3.84. The Morgan fingerprint density at radius 1 is 1.28 bits per heavy atom. The van der Waals surface area contributed by atoms with Crippen molar-refractivity contribution in [1.29, 1.82) is 0 Å². The van der Waals surface area contributed by atoms with Crippen LogP contribution in [0.5, 0.6) is 0 Å². The van der Waals surface area contributed by atoms with Crippen molar-refractivity contribution in [1.82, 2.24) is 10.3 Å². The monoisotopic (exact) mass is 361 g/mol. The van der Waals surface area contributed by atoms with Gasteiger partial charge in [-0.1, -0.05) is 30.3 Å². The second kappa shape index (κ2) is 7.26. The molecule has 1 unspecified atom stereocenters. The van der Waals surface area contributed by atoms with Gasteiger partial charge in [-0.25, -0.2) is 9.80 Å². The summed E-state index contributed by atoms with van der Waals surface area (Å²) in [4.78, 5) is 36.2. The zero-order valence-corrected chi connectivity index (χ0v) is 14.4. The van der Waals surface area contributed by atoms with E-state index in [0.717, 1.165) is 5.56 Å². The van der Waals surface area contributed by atoms with E-state index in [1.165, 1.54) is 16.8 Å². The average Bonchev–Trinajstić information content (AvgIpc) is 3.07. The summed E-state index contributed by atoms with van der Waals surface area (Å²) in [6.45, 7) is 0.288. The molecule has 2 aliphatic rings. The van der Waals surface area contributed by atoms with Crippen LogP contribution in [0.2, 0.25) is 0 Å². The summed E-state index contributed by atoms with van der Waals surface area (Å²) in [7, 11) is 0. The Hall–Kier alpha value is -2.35. The van der Waals surface area contributed by atoms with Crippen LogP contribution in [0.1, 0.15) is 24.8 Å². The van der Waals surface area contributed by atoms with E-state index in [1.807, 2.05) is 30.3 Å². The third-order valence-electron chi connectivity index (χ3n) is 4.33. The fourth-order valence-electron chi connectivity index (χ4n) is 2.82. The molecule has 1 atom stereocenters. The van der Waals surface area contributed by atoms with Crippen LogP contribution >= 0.6 is 11.8 Å². The molecule has 1 aromatic rings. The molecule has 2 aliphatic heterocycles. The summed E-state index contributed by atoms with van der Waals surface area (Å²) in [5, 5.41) is 17.6. The summed E-state index contributed by atoms with van der Waals surface area (Å²) in [5.41, 5.74) is -0.126. The van der Waals surface area contributed by atoms with Crippen molar-refractivity contribution >= 4 is 35.3 Å². The van der Waals surface area contributed by atoms with Crippen molar-refractivity contribution in [3.8, 4) is 0 Å². The topological polar surface area (TPSA) is 99.1 Å². The van der Waals surface area contributed by atoms with Crippen molar-refractivity contribution in [3.63, 3.8) is 0 Å². The lowest BCUT2D eigenvalue weighted by molar-refractivity contribution is -0.145. The van der Waals surface area contributed by atoms with Gasteiger partial charge in [0.15, 0.2) is 0 Å². The average molecular weight is 361 g/mol. The summed E-state index contributed by atoms with van der Waals surface area (Å²) >= 11 is 1.50. The number of rotatable bonds is 5. The maximum Gasteiger partial charge on any atom is 0.330 e. The maximum atomic E-state index is 12.5. The molecule has 2 N–H and O–H groups in total. The highest BCUT2D eigenvalue weighted by Gasteiger charge is 2.44. The first-order valence-electron chi connectivity index (χ1n) is 8.06. The predicted octanol–water partition coefficient (Wildman–Crippen LogP) is 1.24. The molecule has 1 fully saturated rings. The number of carbonyl (C=O) groups excluding carboxylic acids is 2. The zero-order valence-electron chi connectivity index (χ0n) is 13.6. The van der Waals surface area contributed by atoms with Gasteiger partial charge in [0.2, 0.25) is 5.91 Å². The molecule has 0 spiro atoms. The minimum absolute atomic E-state index is 0.148. The Bertz CT molecular complexity index is 714. The molecule has 0 saturated carbocycles. The van der Waals surface area contributed by atoms with Gasteiger partial charge in [0, 0.05) is 18.6 Å². The first-order chi connectivity index (χ1) is 12.0. The second-order valence-electron chi connectivity index (χ2n) is 6.13. The summed E-state index contributed by atoms with van der Waals surface area (Å²) in [6, 6.07) is 9.39. The number of hydrogen-bond acceptors (Lipinski definition) is 5. The van der Waals surface area contributed by atoms with Crippen LogP contribution in [0.15, 0.2) is 35.4 Å². The Balaban J connectivity index is 1.74. The largest absolute Gasteiger partial charge is 0.479 e. The van der Waals surface area contributed by atoms with E-state index in [4.69, 9.17) is 0 Å². The number of hydrazone groups is 1. The number of aliphatic carboxylic acids is 1. The standard InChI is InChI=1S/C17H19N3O4S/c21-14-7-6-13(19-20(14)10-12-4-2-1-3-5-12)15(22)18-17(16(23)24)8-9-25-11-17/h1-5H,6-11H2,(H,18,22)(H,23,24). The third-order valence-corrected chi connectivity index (χ3v) is 5.52.